The molecule has 10 heteroatoms. The topological polar surface area (TPSA) is 103 Å². The van der Waals surface area contributed by atoms with E-state index in [9.17, 15) is 24.5 Å². The zero-order valence-electron chi connectivity index (χ0n) is 16.3. The number of halogens is 1. The van der Waals surface area contributed by atoms with Crippen LogP contribution in [0.25, 0.3) is 11.8 Å². The van der Waals surface area contributed by atoms with Crippen molar-refractivity contribution in [1.29, 1.82) is 0 Å². The number of rotatable bonds is 6. The Labute approximate surface area is 194 Å². The number of aromatic nitrogens is 1. The smallest absolute Gasteiger partial charge is 0.293 e. The molecule has 160 valence electrons. The van der Waals surface area contributed by atoms with E-state index in [0.29, 0.717) is 16.9 Å². The number of carbonyl (C=O) groups is 3. The zero-order chi connectivity index (χ0) is 22.8. The quantitative estimate of drug-likeness (QED) is 0.198. The van der Waals surface area contributed by atoms with Crippen molar-refractivity contribution in [2.24, 2.45) is 0 Å². The molecule has 0 N–H and O–H groups in total. The minimum atomic E-state index is -0.558. The molecule has 2 heterocycles. The maximum Gasteiger partial charge on any atom is 0.293 e. The molecule has 1 aliphatic heterocycles. The molecule has 0 spiro atoms. The molecule has 4 rings (SSSR count). The summed E-state index contributed by atoms with van der Waals surface area (Å²) in [5.74, 6) is -0.904. The summed E-state index contributed by atoms with van der Waals surface area (Å²) in [5.41, 5.74) is 1.44. The van der Waals surface area contributed by atoms with Crippen molar-refractivity contribution in [2.75, 3.05) is 6.54 Å². The molecule has 1 saturated heterocycles. The van der Waals surface area contributed by atoms with Gasteiger partial charge in [0.2, 0.25) is 0 Å². The normalized spacial score (nSPS) is 14.9. The van der Waals surface area contributed by atoms with E-state index in [4.69, 9.17) is 0 Å². The van der Waals surface area contributed by atoms with E-state index in [0.717, 1.165) is 21.1 Å². The maximum atomic E-state index is 12.8. The first kappa shape index (κ1) is 21.7. The summed E-state index contributed by atoms with van der Waals surface area (Å²) in [5, 5.41) is 10.5. The van der Waals surface area contributed by atoms with Crippen molar-refractivity contribution >= 4 is 56.4 Å². The van der Waals surface area contributed by atoms with Gasteiger partial charge in [0, 0.05) is 34.1 Å². The number of Topliss-reactive ketones (excluding diaryl/α,β-unsaturated/α-hetero) is 1. The van der Waals surface area contributed by atoms with Crippen molar-refractivity contribution in [3.8, 4) is 5.69 Å². The molecule has 1 aromatic heterocycles. The number of nitrogens with zero attached hydrogens (tertiary/aromatic N) is 3. The second kappa shape index (κ2) is 8.93. The van der Waals surface area contributed by atoms with Gasteiger partial charge in [-0.15, -0.1) is 0 Å². The molecule has 0 saturated carbocycles. The summed E-state index contributed by atoms with van der Waals surface area (Å²) in [6.07, 6.45) is 3.24. The Balaban J connectivity index is 1.57. The molecule has 0 aliphatic carbocycles. The van der Waals surface area contributed by atoms with Crippen LogP contribution in [0.2, 0.25) is 0 Å². The predicted octanol–water partition coefficient (Wildman–Crippen LogP) is 5.07. The minimum Gasteiger partial charge on any atom is -0.317 e. The van der Waals surface area contributed by atoms with Crippen LogP contribution in [0.3, 0.4) is 0 Å². The number of carbonyl (C=O) groups excluding carboxylic acids is 3. The molecule has 3 aromatic rings. The summed E-state index contributed by atoms with van der Waals surface area (Å²) >= 11 is 4.04. The van der Waals surface area contributed by atoms with Gasteiger partial charge in [-0.25, -0.2) is 0 Å². The first-order valence-corrected chi connectivity index (χ1v) is 10.9. The Bertz CT molecular complexity index is 1280. The van der Waals surface area contributed by atoms with Crippen LogP contribution in [-0.4, -0.2) is 37.9 Å². The molecule has 2 amide bonds. The van der Waals surface area contributed by atoms with E-state index < -0.39 is 16.1 Å². The largest absolute Gasteiger partial charge is 0.317 e. The van der Waals surface area contributed by atoms with Crippen LogP contribution in [0.1, 0.15) is 16.1 Å². The van der Waals surface area contributed by atoms with E-state index in [2.05, 4.69) is 15.9 Å². The number of nitro benzene ring substituents is 1. The average Bonchev–Trinajstić information content (AvgIpc) is 3.34. The number of benzene rings is 2. The highest BCUT2D eigenvalue weighted by atomic mass is 79.9. The van der Waals surface area contributed by atoms with Gasteiger partial charge in [0.25, 0.3) is 16.8 Å². The van der Waals surface area contributed by atoms with E-state index in [-0.39, 0.29) is 22.9 Å². The fourth-order valence-corrected chi connectivity index (χ4v) is 4.23. The van der Waals surface area contributed by atoms with E-state index in [1.807, 2.05) is 0 Å². The summed E-state index contributed by atoms with van der Waals surface area (Å²) in [6, 6.07) is 16.2. The predicted molar refractivity (Wildman–Crippen MR) is 124 cm³/mol. The highest BCUT2D eigenvalue weighted by molar-refractivity contribution is 9.10. The monoisotopic (exact) mass is 511 g/mol. The van der Waals surface area contributed by atoms with Crippen molar-refractivity contribution in [3.63, 3.8) is 0 Å². The van der Waals surface area contributed by atoms with Crippen molar-refractivity contribution in [3.05, 3.63) is 97.6 Å². The molecular formula is C22H14BrN3O5S. The van der Waals surface area contributed by atoms with Crippen molar-refractivity contribution in [2.45, 2.75) is 0 Å². The lowest BCUT2D eigenvalue weighted by atomic mass is 10.1. The fraction of sp³-hybridized carbons (Fsp3) is 0.0455. The van der Waals surface area contributed by atoms with Crippen LogP contribution in [-0.2, 0) is 4.79 Å². The number of hydrogen-bond donors (Lipinski definition) is 0. The number of nitro groups is 1. The number of amides is 2. The Morgan fingerprint density at radius 1 is 1.09 bits per heavy atom. The molecule has 1 aliphatic rings. The lowest BCUT2D eigenvalue weighted by Gasteiger charge is -2.11. The SMILES string of the molecule is O=C(CN1C(=O)S/C(=C\c2cccn2-c2cccc([N+](=O)[O-])c2)C1=O)c1ccc(Br)cc1. The molecule has 0 radical (unpaired) electrons. The number of imide groups is 1. The molecule has 0 unspecified atom stereocenters. The van der Waals surface area contributed by atoms with Gasteiger partial charge in [-0.2, -0.15) is 0 Å². The minimum absolute atomic E-state index is 0.0612. The van der Waals surface area contributed by atoms with Crippen LogP contribution in [0.5, 0.6) is 0 Å². The van der Waals surface area contributed by atoms with Crippen LogP contribution < -0.4 is 0 Å². The van der Waals surface area contributed by atoms with Gasteiger partial charge < -0.3 is 4.57 Å². The van der Waals surface area contributed by atoms with Gasteiger partial charge >= 0.3 is 0 Å². The molecule has 0 bridgehead atoms. The molecule has 1 fully saturated rings. The lowest BCUT2D eigenvalue weighted by molar-refractivity contribution is -0.384. The fourth-order valence-electron chi connectivity index (χ4n) is 3.14. The first-order chi connectivity index (χ1) is 15.3. The average molecular weight is 512 g/mol. The second-order valence-electron chi connectivity index (χ2n) is 6.78. The summed E-state index contributed by atoms with van der Waals surface area (Å²) in [6.45, 7) is -0.352. The van der Waals surface area contributed by atoms with Gasteiger partial charge in [-0.05, 0) is 48.2 Å². The lowest BCUT2D eigenvalue weighted by Crippen LogP contribution is -2.33. The number of non-ortho nitro benzene ring substituents is 1. The third kappa shape index (κ3) is 4.41. The molecule has 8 nitrogen and oxygen atoms in total. The number of hydrogen-bond acceptors (Lipinski definition) is 6. The van der Waals surface area contributed by atoms with Gasteiger partial charge in [0.1, 0.15) is 0 Å². The van der Waals surface area contributed by atoms with Gasteiger partial charge in [0.05, 0.1) is 22.1 Å². The highest BCUT2D eigenvalue weighted by Crippen LogP contribution is 2.33. The van der Waals surface area contributed by atoms with Gasteiger partial charge in [-0.3, -0.25) is 29.4 Å². The Morgan fingerprint density at radius 3 is 2.56 bits per heavy atom. The first-order valence-electron chi connectivity index (χ1n) is 9.30. The molecule has 0 atom stereocenters. The molecule has 32 heavy (non-hydrogen) atoms. The van der Waals surface area contributed by atoms with Crippen LogP contribution in [0.15, 0.2) is 76.2 Å². The standard InChI is InChI=1S/C22H14BrN3O5S/c23-15-8-6-14(7-9-15)19(27)13-25-21(28)20(32-22(25)29)12-17-5-2-10-24(17)16-3-1-4-18(11-16)26(30)31/h1-12H,13H2/b20-12-. The van der Waals surface area contributed by atoms with E-state index >= 15 is 0 Å². The molecule has 2 aromatic carbocycles. The van der Waals surface area contributed by atoms with Crippen LogP contribution >= 0.6 is 27.7 Å². The Hall–Kier alpha value is -3.50. The van der Waals surface area contributed by atoms with Crippen molar-refractivity contribution in [1.82, 2.24) is 9.47 Å². The number of ketones is 1. The van der Waals surface area contributed by atoms with Gasteiger partial charge in [0.15, 0.2) is 5.78 Å². The third-order valence-corrected chi connectivity index (χ3v) is 6.16. The second-order valence-corrected chi connectivity index (χ2v) is 8.69. The maximum absolute atomic E-state index is 12.8. The third-order valence-electron chi connectivity index (χ3n) is 4.72. The van der Waals surface area contributed by atoms with Gasteiger partial charge in [-0.1, -0.05) is 34.1 Å². The van der Waals surface area contributed by atoms with Crippen molar-refractivity contribution < 1.29 is 19.3 Å². The van der Waals surface area contributed by atoms with E-state index in [1.165, 1.54) is 18.2 Å². The van der Waals surface area contributed by atoms with E-state index in [1.54, 1.807) is 59.3 Å². The summed E-state index contributed by atoms with van der Waals surface area (Å²) in [4.78, 5) is 49.4. The Kier molecular flexibility index (Phi) is 6.06. The summed E-state index contributed by atoms with van der Waals surface area (Å²) in [7, 11) is 0. The highest BCUT2D eigenvalue weighted by Gasteiger charge is 2.36. The van der Waals surface area contributed by atoms with Crippen LogP contribution in [0.4, 0.5) is 10.5 Å². The molecular weight excluding hydrogens is 498 g/mol. The Morgan fingerprint density at radius 2 is 1.84 bits per heavy atom. The summed E-state index contributed by atoms with van der Waals surface area (Å²) < 4.78 is 2.49. The zero-order valence-corrected chi connectivity index (χ0v) is 18.7. The van der Waals surface area contributed by atoms with Crippen LogP contribution in [0, 0.1) is 10.1 Å². The number of thioether (sulfide) groups is 1.